The molecule has 2 heterocycles. The number of hydrogen-bond acceptors (Lipinski definition) is 3. The normalized spacial score (nSPS) is 10.9. The highest BCUT2D eigenvalue weighted by atomic mass is 16.1. The van der Waals surface area contributed by atoms with Gasteiger partial charge in [-0.2, -0.15) is 10.2 Å². The van der Waals surface area contributed by atoms with Crippen molar-refractivity contribution in [3.05, 3.63) is 35.4 Å². The Kier molecular flexibility index (Phi) is 5.75. The summed E-state index contributed by atoms with van der Waals surface area (Å²) in [5.74, 6) is 0.100. The van der Waals surface area contributed by atoms with Crippen LogP contribution in [0.2, 0.25) is 0 Å². The average molecular weight is 303 g/mol. The third-order valence-corrected chi connectivity index (χ3v) is 3.88. The van der Waals surface area contributed by atoms with Gasteiger partial charge in [-0.3, -0.25) is 14.2 Å². The summed E-state index contributed by atoms with van der Waals surface area (Å²) in [7, 11) is 0. The fourth-order valence-electron chi connectivity index (χ4n) is 2.63. The molecule has 0 aliphatic rings. The van der Waals surface area contributed by atoms with Gasteiger partial charge in [0, 0.05) is 44.1 Å². The first-order valence-corrected chi connectivity index (χ1v) is 7.88. The van der Waals surface area contributed by atoms with Crippen LogP contribution in [0.25, 0.3) is 0 Å². The zero-order valence-corrected chi connectivity index (χ0v) is 13.7. The van der Waals surface area contributed by atoms with E-state index in [2.05, 4.69) is 29.4 Å². The number of hydrogen-bond donors (Lipinski definition) is 1. The quantitative estimate of drug-likeness (QED) is 0.757. The highest BCUT2D eigenvalue weighted by molar-refractivity contribution is 5.76. The molecule has 0 fully saturated rings. The first kappa shape index (κ1) is 16.3. The summed E-state index contributed by atoms with van der Waals surface area (Å²) < 4.78 is 3.87. The maximum Gasteiger partial charge on any atom is 0.220 e. The molecule has 1 N–H and O–H groups in total. The van der Waals surface area contributed by atoms with Crippen molar-refractivity contribution in [2.45, 2.75) is 53.1 Å². The maximum atomic E-state index is 11.9. The molecule has 1 amide bonds. The molecule has 2 aromatic heterocycles. The zero-order valence-electron chi connectivity index (χ0n) is 13.7. The van der Waals surface area contributed by atoms with Gasteiger partial charge in [0.2, 0.25) is 5.91 Å². The second-order valence-corrected chi connectivity index (χ2v) is 5.44. The van der Waals surface area contributed by atoms with E-state index in [0.29, 0.717) is 13.0 Å². The van der Waals surface area contributed by atoms with Gasteiger partial charge in [-0.05, 0) is 45.2 Å². The molecule has 0 spiro atoms. The number of aryl methyl sites for hydroxylation is 3. The first-order chi connectivity index (χ1) is 10.6. The van der Waals surface area contributed by atoms with E-state index < -0.39 is 0 Å². The van der Waals surface area contributed by atoms with Gasteiger partial charge >= 0.3 is 0 Å². The Morgan fingerprint density at radius 2 is 2.18 bits per heavy atom. The van der Waals surface area contributed by atoms with E-state index in [9.17, 15) is 4.79 Å². The van der Waals surface area contributed by atoms with Gasteiger partial charge in [0.15, 0.2) is 0 Å². The highest BCUT2D eigenvalue weighted by Crippen LogP contribution is 2.14. The Bertz CT molecular complexity index is 600. The number of carbonyl (C=O) groups excluding carboxylic acids is 1. The van der Waals surface area contributed by atoms with Crippen LogP contribution < -0.4 is 5.32 Å². The molecule has 0 saturated heterocycles. The lowest BCUT2D eigenvalue weighted by atomic mass is 10.1. The molecule has 0 aliphatic heterocycles. The van der Waals surface area contributed by atoms with Gasteiger partial charge in [0.1, 0.15) is 0 Å². The molecule has 2 aromatic rings. The Labute approximate surface area is 131 Å². The molecule has 0 bridgehead atoms. The highest BCUT2D eigenvalue weighted by Gasteiger charge is 2.12. The van der Waals surface area contributed by atoms with Crippen LogP contribution in [-0.4, -0.2) is 32.0 Å². The Balaban J connectivity index is 1.70. The zero-order chi connectivity index (χ0) is 15.9. The van der Waals surface area contributed by atoms with Crippen LogP contribution in [0.5, 0.6) is 0 Å². The van der Waals surface area contributed by atoms with E-state index in [1.807, 2.05) is 28.6 Å². The summed E-state index contributed by atoms with van der Waals surface area (Å²) in [5.41, 5.74) is 3.41. The molecule has 0 unspecified atom stereocenters. The van der Waals surface area contributed by atoms with Crippen LogP contribution in [0.1, 0.15) is 36.7 Å². The summed E-state index contributed by atoms with van der Waals surface area (Å²) in [6.45, 7) is 8.54. The van der Waals surface area contributed by atoms with Crippen LogP contribution in [0.15, 0.2) is 18.5 Å². The smallest absolute Gasteiger partial charge is 0.220 e. The molecule has 0 aliphatic carbocycles. The third-order valence-electron chi connectivity index (χ3n) is 3.88. The number of aromatic nitrogens is 4. The molecule has 6 heteroatoms. The van der Waals surface area contributed by atoms with E-state index in [0.717, 1.165) is 31.6 Å². The van der Waals surface area contributed by atoms with Crippen molar-refractivity contribution in [2.24, 2.45) is 0 Å². The Morgan fingerprint density at radius 3 is 2.82 bits per heavy atom. The monoisotopic (exact) mass is 303 g/mol. The minimum atomic E-state index is 0.100. The van der Waals surface area contributed by atoms with Crippen molar-refractivity contribution in [1.29, 1.82) is 0 Å². The predicted octanol–water partition coefficient (Wildman–Crippen LogP) is 1.86. The van der Waals surface area contributed by atoms with Crippen LogP contribution in [0, 0.1) is 13.8 Å². The van der Waals surface area contributed by atoms with Crippen molar-refractivity contribution in [1.82, 2.24) is 24.9 Å². The number of amides is 1. The van der Waals surface area contributed by atoms with Crippen molar-refractivity contribution < 1.29 is 4.79 Å². The minimum absolute atomic E-state index is 0.100. The molecule has 0 aromatic carbocycles. The maximum absolute atomic E-state index is 11.9. The molecule has 6 nitrogen and oxygen atoms in total. The van der Waals surface area contributed by atoms with E-state index in [1.165, 1.54) is 11.3 Å². The predicted molar refractivity (Wildman–Crippen MR) is 85.5 cm³/mol. The lowest BCUT2D eigenvalue weighted by molar-refractivity contribution is -0.121. The number of rotatable bonds is 8. The van der Waals surface area contributed by atoms with Crippen LogP contribution in [0.3, 0.4) is 0 Å². The fourth-order valence-corrected chi connectivity index (χ4v) is 2.63. The van der Waals surface area contributed by atoms with Gasteiger partial charge in [-0.15, -0.1) is 0 Å². The average Bonchev–Trinajstić information content (AvgIpc) is 3.10. The van der Waals surface area contributed by atoms with Crippen LogP contribution >= 0.6 is 0 Å². The molecular weight excluding hydrogens is 278 g/mol. The third kappa shape index (κ3) is 4.19. The molecule has 120 valence electrons. The summed E-state index contributed by atoms with van der Waals surface area (Å²) in [4.78, 5) is 11.9. The van der Waals surface area contributed by atoms with Crippen LogP contribution in [-0.2, 0) is 24.3 Å². The van der Waals surface area contributed by atoms with Gasteiger partial charge in [0.05, 0.1) is 5.69 Å². The van der Waals surface area contributed by atoms with Crippen molar-refractivity contribution in [2.75, 3.05) is 6.54 Å². The first-order valence-electron chi connectivity index (χ1n) is 7.88. The Morgan fingerprint density at radius 1 is 1.36 bits per heavy atom. The topological polar surface area (TPSA) is 64.7 Å². The van der Waals surface area contributed by atoms with Gasteiger partial charge in [0.25, 0.3) is 0 Å². The number of nitrogens with one attached hydrogen (secondary N) is 1. The molecular formula is C16H25N5O. The Hall–Kier alpha value is -2.11. The standard InChI is InChI=1S/C16H25N5O/c1-4-21-14(3)15(13(2)19-21)7-8-16(22)17-9-5-11-20-12-6-10-18-20/h6,10,12H,4-5,7-9,11H2,1-3H3,(H,17,22). The summed E-state index contributed by atoms with van der Waals surface area (Å²) in [6, 6.07) is 1.90. The second kappa shape index (κ2) is 7.77. The summed E-state index contributed by atoms with van der Waals surface area (Å²) in [5, 5.41) is 11.6. The van der Waals surface area contributed by atoms with Crippen molar-refractivity contribution in [3.8, 4) is 0 Å². The van der Waals surface area contributed by atoms with E-state index in [4.69, 9.17) is 0 Å². The van der Waals surface area contributed by atoms with E-state index in [1.54, 1.807) is 6.20 Å². The number of nitrogens with zero attached hydrogens (tertiary/aromatic N) is 4. The minimum Gasteiger partial charge on any atom is -0.356 e. The molecule has 0 saturated carbocycles. The van der Waals surface area contributed by atoms with Gasteiger partial charge < -0.3 is 5.32 Å². The van der Waals surface area contributed by atoms with Gasteiger partial charge in [-0.25, -0.2) is 0 Å². The SMILES string of the molecule is CCn1nc(C)c(CCC(=O)NCCCn2cccn2)c1C. The van der Waals surface area contributed by atoms with Crippen LogP contribution in [0.4, 0.5) is 0 Å². The number of carbonyl (C=O) groups is 1. The van der Waals surface area contributed by atoms with Crippen molar-refractivity contribution >= 4 is 5.91 Å². The molecule has 2 rings (SSSR count). The molecule has 0 atom stereocenters. The largest absolute Gasteiger partial charge is 0.356 e. The fraction of sp³-hybridized carbons (Fsp3) is 0.562. The lowest BCUT2D eigenvalue weighted by Gasteiger charge is -2.06. The lowest BCUT2D eigenvalue weighted by Crippen LogP contribution is -2.25. The van der Waals surface area contributed by atoms with E-state index >= 15 is 0 Å². The summed E-state index contributed by atoms with van der Waals surface area (Å²) in [6.07, 6.45) is 5.85. The summed E-state index contributed by atoms with van der Waals surface area (Å²) >= 11 is 0. The molecule has 22 heavy (non-hydrogen) atoms. The van der Waals surface area contributed by atoms with Gasteiger partial charge in [-0.1, -0.05) is 0 Å². The van der Waals surface area contributed by atoms with Crippen molar-refractivity contribution in [3.63, 3.8) is 0 Å². The molecule has 0 radical (unpaired) electrons. The van der Waals surface area contributed by atoms with E-state index in [-0.39, 0.29) is 5.91 Å². The second-order valence-electron chi connectivity index (χ2n) is 5.44.